The van der Waals surface area contributed by atoms with Crippen LogP contribution in [0.5, 0.6) is 0 Å². The number of aromatic nitrogens is 2. The number of hydrogen-bond donors (Lipinski definition) is 1. The number of amides is 1. The van der Waals surface area contributed by atoms with Crippen LogP contribution in [0.2, 0.25) is 0 Å². The lowest BCUT2D eigenvalue weighted by Crippen LogP contribution is -2.12. The molecule has 0 saturated carbocycles. The van der Waals surface area contributed by atoms with E-state index in [2.05, 4.69) is 10.3 Å². The number of hydrogen-bond acceptors (Lipinski definition) is 3. The first-order valence-corrected chi connectivity index (χ1v) is 8.86. The van der Waals surface area contributed by atoms with Gasteiger partial charge in [-0.25, -0.2) is 4.98 Å². The van der Waals surface area contributed by atoms with Crippen LogP contribution in [-0.2, 0) is 0 Å². The number of para-hydroxylation sites is 1. The van der Waals surface area contributed by atoms with E-state index < -0.39 is 0 Å². The van der Waals surface area contributed by atoms with Crippen LogP contribution in [0, 0.1) is 13.8 Å². The van der Waals surface area contributed by atoms with Crippen LogP contribution in [0.3, 0.4) is 0 Å². The number of aryl methyl sites for hydroxylation is 2. The molecular weight excluding hydrogens is 330 g/mol. The first kappa shape index (κ1) is 15.6. The number of carbonyl (C=O) groups excluding carboxylic acids is 1. The van der Waals surface area contributed by atoms with Crippen LogP contribution in [-0.4, -0.2) is 15.3 Å². The number of nitrogens with zero attached hydrogens (tertiary/aromatic N) is 2. The fraction of sp³-hybridized carbons (Fsp3) is 0.100. The van der Waals surface area contributed by atoms with Crippen LogP contribution < -0.4 is 5.32 Å². The molecule has 5 heteroatoms. The monoisotopic (exact) mass is 347 g/mol. The Bertz CT molecular complexity index is 1060. The van der Waals surface area contributed by atoms with Gasteiger partial charge in [0, 0.05) is 23.1 Å². The second-order valence-corrected chi connectivity index (χ2v) is 6.91. The van der Waals surface area contributed by atoms with Crippen LogP contribution in [0.1, 0.15) is 20.9 Å². The summed E-state index contributed by atoms with van der Waals surface area (Å²) in [6, 6.07) is 17.8. The van der Waals surface area contributed by atoms with Crippen molar-refractivity contribution >= 4 is 27.9 Å². The van der Waals surface area contributed by atoms with Crippen molar-refractivity contribution in [3.8, 4) is 11.3 Å². The number of anilines is 1. The lowest BCUT2D eigenvalue weighted by atomic mass is 10.2. The number of carbonyl (C=O) groups is 1. The summed E-state index contributed by atoms with van der Waals surface area (Å²) in [5, 5.41) is 2.99. The molecule has 0 radical (unpaired) electrons. The minimum Gasteiger partial charge on any atom is -0.321 e. The number of imidazole rings is 1. The normalized spacial score (nSPS) is 11.0. The second-order valence-electron chi connectivity index (χ2n) is 5.93. The predicted octanol–water partition coefficient (Wildman–Crippen LogP) is 4.93. The Kier molecular flexibility index (Phi) is 3.86. The number of rotatable bonds is 3. The number of nitrogens with one attached hydrogen (secondary N) is 1. The summed E-state index contributed by atoms with van der Waals surface area (Å²) in [5.41, 5.74) is 4.77. The van der Waals surface area contributed by atoms with Crippen LogP contribution >= 0.6 is 11.3 Å². The van der Waals surface area contributed by atoms with Gasteiger partial charge in [-0.1, -0.05) is 59.9 Å². The van der Waals surface area contributed by atoms with Gasteiger partial charge in [-0.3, -0.25) is 9.20 Å². The lowest BCUT2D eigenvalue weighted by molar-refractivity contribution is 0.102. The molecule has 4 aromatic rings. The summed E-state index contributed by atoms with van der Waals surface area (Å²) in [4.78, 5) is 18.9. The highest BCUT2D eigenvalue weighted by atomic mass is 32.1. The van der Waals surface area contributed by atoms with E-state index in [-0.39, 0.29) is 5.91 Å². The standard InChI is InChI=1S/C20H17N3OS/c1-13-8-6-7-11-16(13)21-19(24)18-14(2)23-12-17(22-20(23)25-18)15-9-4-3-5-10-15/h3-12H,1-2H3,(H,21,24). The number of thiazole rings is 1. The summed E-state index contributed by atoms with van der Waals surface area (Å²) in [7, 11) is 0. The van der Waals surface area contributed by atoms with E-state index in [4.69, 9.17) is 0 Å². The quantitative estimate of drug-likeness (QED) is 0.571. The molecule has 124 valence electrons. The topological polar surface area (TPSA) is 46.4 Å². The molecule has 0 saturated heterocycles. The molecule has 0 aliphatic rings. The molecule has 2 aromatic carbocycles. The average molecular weight is 347 g/mol. The molecule has 0 aliphatic carbocycles. The molecule has 0 unspecified atom stereocenters. The summed E-state index contributed by atoms with van der Waals surface area (Å²) in [5.74, 6) is -0.0939. The first-order chi connectivity index (χ1) is 12.1. The first-order valence-electron chi connectivity index (χ1n) is 8.04. The molecule has 0 aliphatic heterocycles. The summed E-state index contributed by atoms with van der Waals surface area (Å²) in [6.45, 7) is 3.93. The maximum absolute atomic E-state index is 12.7. The molecule has 1 amide bonds. The third-order valence-corrected chi connectivity index (χ3v) is 5.38. The zero-order chi connectivity index (χ0) is 17.4. The highest BCUT2D eigenvalue weighted by Gasteiger charge is 2.18. The van der Waals surface area contributed by atoms with Gasteiger partial charge >= 0.3 is 0 Å². The van der Waals surface area contributed by atoms with Crippen molar-refractivity contribution in [2.24, 2.45) is 0 Å². The number of fused-ring (bicyclic) bond motifs is 1. The number of benzene rings is 2. The molecule has 2 heterocycles. The van der Waals surface area contributed by atoms with Crippen LogP contribution in [0.15, 0.2) is 60.8 Å². The minimum atomic E-state index is -0.0939. The maximum Gasteiger partial charge on any atom is 0.267 e. The van der Waals surface area contributed by atoms with Crippen molar-refractivity contribution in [2.45, 2.75) is 13.8 Å². The molecule has 0 bridgehead atoms. The zero-order valence-corrected chi connectivity index (χ0v) is 14.8. The Hall–Kier alpha value is -2.92. The van der Waals surface area contributed by atoms with Gasteiger partial charge in [-0.15, -0.1) is 0 Å². The Morgan fingerprint density at radius 2 is 1.76 bits per heavy atom. The van der Waals surface area contributed by atoms with Crippen LogP contribution in [0.25, 0.3) is 16.2 Å². The predicted molar refractivity (Wildman–Crippen MR) is 102 cm³/mol. The fourth-order valence-electron chi connectivity index (χ4n) is 2.80. The van der Waals surface area contributed by atoms with E-state index in [0.717, 1.165) is 33.2 Å². The van der Waals surface area contributed by atoms with E-state index in [1.807, 2.05) is 79.0 Å². The molecular formula is C20H17N3OS. The van der Waals surface area contributed by atoms with Gasteiger partial charge in [-0.05, 0) is 25.5 Å². The Balaban J connectivity index is 1.67. The SMILES string of the molecule is Cc1ccccc1NC(=O)c1sc2nc(-c3ccccc3)cn2c1C. The third kappa shape index (κ3) is 2.83. The highest BCUT2D eigenvalue weighted by Crippen LogP contribution is 2.28. The van der Waals surface area contributed by atoms with E-state index >= 15 is 0 Å². The third-order valence-electron chi connectivity index (χ3n) is 4.23. The van der Waals surface area contributed by atoms with Gasteiger partial charge in [0.2, 0.25) is 0 Å². The molecule has 25 heavy (non-hydrogen) atoms. The van der Waals surface area contributed by atoms with Crippen molar-refractivity contribution in [3.63, 3.8) is 0 Å². The molecule has 4 nitrogen and oxygen atoms in total. The van der Waals surface area contributed by atoms with Crippen molar-refractivity contribution in [2.75, 3.05) is 5.32 Å². The van der Waals surface area contributed by atoms with E-state index in [0.29, 0.717) is 4.88 Å². The highest BCUT2D eigenvalue weighted by molar-refractivity contribution is 7.19. The largest absolute Gasteiger partial charge is 0.321 e. The smallest absolute Gasteiger partial charge is 0.267 e. The summed E-state index contributed by atoms with van der Waals surface area (Å²) in [6.07, 6.45) is 1.99. The molecule has 0 atom stereocenters. The van der Waals surface area contributed by atoms with Crippen LogP contribution in [0.4, 0.5) is 5.69 Å². The molecule has 4 rings (SSSR count). The Morgan fingerprint density at radius 1 is 1.04 bits per heavy atom. The summed E-state index contributed by atoms with van der Waals surface area (Å²) >= 11 is 1.41. The van der Waals surface area contributed by atoms with Gasteiger partial charge in [0.25, 0.3) is 5.91 Å². The Labute approximate surface area is 149 Å². The van der Waals surface area contributed by atoms with E-state index in [1.165, 1.54) is 11.3 Å². The van der Waals surface area contributed by atoms with Crippen molar-refractivity contribution in [1.29, 1.82) is 0 Å². The molecule has 0 spiro atoms. The van der Waals surface area contributed by atoms with Crippen molar-refractivity contribution in [1.82, 2.24) is 9.38 Å². The van der Waals surface area contributed by atoms with Gasteiger partial charge in [-0.2, -0.15) is 0 Å². The lowest BCUT2D eigenvalue weighted by Gasteiger charge is -2.07. The van der Waals surface area contributed by atoms with E-state index in [9.17, 15) is 4.79 Å². The Morgan fingerprint density at radius 3 is 2.48 bits per heavy atom. The maximum atomic E-state index is 12.7. The van der Waals surface area contributed by atoms with E-state index in [1.54, 1.807) is 0 Å². The van der Waals surface area contributed by atoms with Crippen molar-refractivity contribution in [3.05, 3.63) is 76.9 Å². The average Bonchev–Trinajstić information content (AvgIpc) is 3.17. The minimum absolute atomic E-state index is 0.0939. The summed E-state index contributed by atoms with van der Waals surface area (Å²) < 4.78 is 1.99. The van der Waals surface area contributed by atoms with Gasteiger partial charge in [0.1, 0.15) is 4.88 Å². The fourth-order valence-corrected chi connectivity index (χ4v) is 3.81. The second kappa shape index (κ2) is 6.18. The van der Waals surface area contributed by atoms with Gasteiger partial charge < -0.3 is 5.32 Å². The molecule has 1 N–H and O–H groups in total. The molecule has 2 aromatic heterocycles. The van der Waals surface area contributed by atoms with Crippen molar-refractivity contribution < 1.29 is 4.79 Å². The van der Waals surface area contributed by atoms with Gasteiger partial charge in [0.15, 0.2) is 4.96 Å². The van der Waals surface area contributed by atoms with Gasteiger partial charge in [0.05, 0.1) is 5.69 Å². The molecule has 0 fully saturated rings. The zero-order valence-electron chi connectivity index (χ0n) is 14.0.